The maximum absolute atomic E-state index is 9.95. The zero-order valence-electron chi connectivity index (χ0n) is 9.71. The van der Waals surface area contributed by atoms with Crippen molar-refractivity contribution in [3.63, 3.8) is 0 Å². The average molecular weight is 232 g/mol. The highest BCUT2D eigenvalue weighted by atomic mass is 16.3. The van der Waals surface area contributed by atoms with E-state index in [4.69, 9.17) is 4.42 Å². The van der Waals surface area contributed by atoms with Crippen molar-refractivity contribution >= 4 is 0 Å². The van der Waals surface area contributed by atoms with Crippen LogP contribution in [0.4, 0.5) is 0 Å². The predicted octanol–water partition coefficient (Wildman–Crippen LogP) is 2.06. The maximum atomic E-state index is 9.95. The van der Waals surface area contributed by atoms with Crippen molar-refractivity contribution in [3.05, 3.63) is 54.2 Å². The fourth-order valence-electron chi connectivity index (χ4n) is 1.63. The van der Waals surface area contributed by atoms with Crippen molar-refractivity contribution in [1.29, 1.82) is 0 Å². The molecule has 0 aliphatic carbocycles. The van der Waals surface area contributed by atoms with Crippen LogP contribution in [-0.2, 0) is 0 Å². The Bertz CT molecular complexity index is 428. The Morgan fingerprint density at radius 1 is 1.35 bits per heavy atom. The summed E-state index contributed by atoms with van der Waals surface area (Å²) in [4.78, 5) is 3.92. The summed E-state index contributed by atoms with van der Waals surface area (Å²) < 4.78 is 5.28. The molecule has 2 unspecified atom stereocenters. The smallest absolute Gasteiger partial charge is 0.120 e. The number of aliphatic hydroxyl groups is 1. The first-order valence-electron chi connectivity index (χ1n) is 5.62. The van der Waals surface area contributed by atoms with Crippen molar-refractivity contribution in [2.75, 3.05) is 6.54 Å². The largest absolute Gasteiger partial charge is 0.468 e. The second kappa shape index (κ2) is 5.61. The van der Waals surface area contributed by atoms with Crippen LogP contribution in [0.3, 0.4) is 0 Å². The lowest BCUT2D eigenvalue weighted by molar-refractivity contribution is 0.169. The van der Waals surface area contributed by atoms with Gasteiger partial charge in [0.2, 0.25) is 0 Å². The van der Waals surface area contributed by atoms with Gasteiger partial charge in [0.15, 0.2) is 0 Å². The number of aliphatic hydroxyl groups excluding tert-OH is 1. The molecule has 2 rings (SSSR count). The molecule has 0 aromatic carbocycles. The lowest BCUT2D eigenvalue weighted by atomic mass is 10.1. The Labute approximate surface area is 100 Å². The molecule has 2 atom stereocenters. The summed E-state index contributed by atoms with van der Waals surface area (Å²) in [5.74, 6) is 0.868. The van der Waals surface area contributed by atoms with E-state index < -0.39 is 6.10 Å². The molecule has 0 saturated carbocycles. The number of rotatable bonds is 5. The third kappa shape index (κ3) is 3.15. The Morgan fingerprint density at radius 2 is 2.12 bits per heavy atom. The number of hydrogen-bond acceptors (Lipinski definition) is 4. The van der Waals surface area contributed by atoms with Gasteiger partial charge < -0.3 is 14.8 Å². The van der Waals surface area contributed by atoms with Gasteiger partial charge in [0, 0.05) is 18.9 Å². The van der Waals surface area contributed by atoms with Gasteiger partial charge in [0.1, 0.15) is 5.76 Å². The molecular formula is C13H16N2O2. The summed E-state index contributed by atoms with van der Waals surface area (Å²) in [5.41, 5.74) is 0.860. The molecule has 4 heteroatoms. The van der Waals surface area contributed by atoms with Crippen LogP contribution < -0.4 is 5.32 Å². The van der Waals surface area contributed by atoms with Crippen LogP contribution in [-0.4, -0.2) is 16.6 Å². The van der Waals surface area contributed by atoms with Crippen molar-refractivity contribution in [2.24, 2.45) is 0 Å². The van der Waals surface area contributed by atoms with E-state index in [1.807, 2.05) is 31.2 Å². The van der Waals surface area contributed by atoms with Gasteiger partial charge in [-0.2, -0.15) is 0 Å². The van der Waals surface area contributed by atoms with E-state index >= 15 is 0 Å². The van der Waals surface area contributed by atoms with Gasteiger partial charge >= 0.3 is 0 Å². The molecule has 4 nitrogen and oxygen atoms in total. The molecule has 2 aromatic rings. The van der Waals surface area contributed by atoms with E-state index in [-0.39, 0.29) is 6.04 Å². The molecule has 17 heavy (non-hydrogen) atoms. The van der Waals surface area contributed by atoms with Crippen LogP contribution in [0.15, 0.2) is 47.3 Å². The Hall–Kier alpha value is -1.65. The minimum atomic E-state index is -0.532. The molecule has 0 radical (unpaired) electrons. The first-order chi connectivity index (χ1) is 8.27. The fourth-order valence-corrected chi connectivity index (χ4v) is 1.63. The lowest BCUT2D eigenvalue weighted by Gasteiger charge is -2.15. The van der Waals surface area contributed by atoms with E-state index in [0.717, 1.165) is 11.3 Å². The summed E-state index contributed by atoms with van der Waals surface area (Å²) in [6.07, 6.45) is 4.46. The number of nitrogens with zero attached hydrogens (tertiary/aromatic N) is 1. The summed E-state index contributed by atoms with van der Waals surface area (Å²) in [6, 6.07) is 7.47. The van der Waals surface area contributed by atoms with Gasteiger partial charge in [-0.05, 0) is 36.8 Å². The molecule has 2 heterocycles. The Balaban J connectivity index is 1.86. The van der Waals surface area contributed by atoms with Crippen LogP contribution >= 0.6 is 0 Å². The molecule has 0 fully saturated rings. The molecule has 2 aromatic heterocycles. The zero-order chi connectivity index (χ0) is 12.1. The molecule has 0 saturated heterocycles. The second-order valence-corrected chi connectivity index (χ2v) is 3.94. The van der Waals surface area contributed by atoms with E-state index in [1.165, 1.54) is 0 Å². The average Bonchev–Trinajstić information content (AvgIpc) is 2.90. The van der Waals surface area contributed by atoms with Gasteiger partial charge in [0.25, 0.3) is 0 Å². The quantitative estimate of drug-likeness (QED) is 0.828. The number of furan rings is 1. The standard InChI is InChI=1S/C13H16N2O2/c1-10(13-3-2-8-17-13)15-9-12(16)11-4-6-14-7-5-11/h2-8,10,12,15-16H,9H2,1H3. The molecular weight excluding hydrogens is 216 g/mol. The van der Waals surface area contributed by atoms with Gasteiger partial charge in [-0.15, -0.1) is 0 Å². The molecule has 0 spiro atoms. The van der Waals surface area contributed by atoms with Gasteiger partial charge in [0.05, 0.1) is 18.4 Å². The number of hydrogen-bond donors (Lipinski definition) is 2. The summed E-state index contributed by atoms with van der Waals surface area (Å²) >= 11 is 0. The van der Waals surface area contributed by atoms with Crippen molar-refractivity contribution in [2.45, 2.75) is 19.1 Å². The summed E-state index contributed by atoms with van der Waals surface area (Å²) in [6.45, 7) is 2.48. The summed E-state index contributed by atoms with van der Waals surface area (Å²) in [7, 11) is 0. The van der Waals surface area contributed by atoms with E-state index in [9.17, 15) is 5.11 Å². The predicted molar refractivity (Wildman–Crippen MR) is 64.3 cm³/mol. The van der Waals surface area contributed by atoms with Crippen LogP contribution in [0.1, 0.15) is 30.4 Å². The SMILES string of the molecule is CC(NCC(O)c1ccncc1)c1ccco1. The van der Waals surface area contributed by atoms with Gasteiger partial charge in [-0.25, -0.2) is 0 Å². The van der Waals surface area contributed by atoms with Crippen LogP contribution in [0.2, 0.25) is 0 Å². The maximum Gasteiger partial charge on any atom is 0.120 e. The van der Waals surface area contributed by atoms with Crippen LogP contribution in [0, 0.1) is 0 Å². The highest BCUT2D eigenvalue weighted by Gasteiger charge is 2.11. The monoisotopic (exact) mass is 232 g/mol. The Morgan fingerprint density at radius 3 is 2.76 bits per heavy atom. The molecule has 90 valence electrons. The van der Waals surface area contributed by atoms with E-state index in [1.54, 1.807) is 18.7 Å². The van der Waals surface area contributed by atoms with Crippen LogP contribution in [0.5, 0.6) is 0 Å². The molecule has 0 bridgehead atoms. The Kier molecular flexibility index (Phi) is 3.90. The minimum Gasteiger partial charge on any atom is -0.468 e. The minimum absolute atomic E-state index is 0.0847. The molecule has 2 N–H and O–H groups in total. The molecule has 0 amide bonds. The van der Waals surface area contributed by atoms with Gasteiger partial charge in [-0.1, -0.05) is 0 Å². The topological polar surface area (TPSA) is 58.3 Å². The molecule has 0 aliphatic rings. The second-order valence-electron chi connectivity index (χ2n) is 3.94. The van der Waals surface area contributed by atoms with Gasteiger partial charge in [-0.3, -0.25) is 4.98 Å². The normalized spacial score (nSPS) is 14.5. The summed E-state index contributed by atoms with van der Waals surface area (Å²) in [5, 5.41) is 13.2. The number of nitrogens with one attached hydrogen (secondary N) is 1. The lowest BCUT2D eigenvalue weighted by Crippen LogP contribution is -2.24. The van der Waals surface area contributed by atoms with Crippen molar-refractivity contribution in [3.8, 4) is 0 Å². The highest BCUT2D eigenvalue weighted by Crippen LogP contribution is 2.15. The first-order valence-corrected chi connectivity index (χ1v) is 5.62. The van der Waals surface area contributed by atoms with Crippen LogP contribution in [0.25, 0.3) is 0 Å². The van der Waals surface area contributed by atoms with Crippen molar-refractivity contribution in [1.82, 2.24) is 10.3 Å². The van der Waals surface area contributed by atoms with E-state index in [2.05, 4.69) is 10.3 Å². The molecule has 0 aliphatic heterocycles. The van der Waals surface area contributed by atoms with E-state index in [0.29, 0.717) is 6.54 Å². The first kappa shape index (κ1) is 11.8. The zero-order valence-corrected chi connectivity index (χ0v) is 9.71. The third-order valence-electron chi connectivity index (χ3n) is 2.68. The third-order valence-corrected chi connectivity index (χ3v) is 2.68. The number of pyridine rings is 1. The highest BCUT2D eigenvalue weighted by molar-refractivity contribution is 5.13. The van der Waals surface area contributed by atoms with Crippen molar-refractivity contribution < 1.29 is 9.52 Å². The fraction of sp³-hybridized carbons (Fsp3) is 0.308. The number of aromatic nitrogens is 1.